The number of carbonyl (C=O) groups is 1. The fourth-order valence-corrected chi connectivity index (χ4v) is 3.63. The molecule has 1 aliphatic rings. The van der Waals surface area contributed by atoms with Gasteiger partial charge in [0.15, 0.2) is 0 Å². The van der Waals surface area contributed by atoms with Gasteiger partial charge in [0.1, 0.15) is 23.7 Å². The standard InChI is InChI=1S/C22H22ClN5O2/c1-30-19-8-7-16(23)13-18(19)22(29)26-20-14-21(25-15-24-20)28-11-9-27(10-12-28)17-5-3-2-4-6-17/h2-8,13-15H,9-12H2,1H3,(H,24,25,26,29). The van der Waals surface area contributed by atoms with Crippen LogP contribution in [0.15, 0.2) is 60.9 Å². The number of nitrogens with zero attached hydrogens (tertiary/aromatic N) is 4. The molecule has 0 spiro atoms. The molecule has 0 bridgehead atoms. The second-order valence-electron chi connectivity index (χ2n) is 6.87. The molecule has 0 radical (unpaired) electrons. The van der Waals surface area contributed by atoms with Crippen molar-refractivity contribution < 1.29 is 9.53 Å². The van der Waals surface area contributed by atoms with E-state index in [-0.39, 0.29) is 5.91 Å². The molecule has 1 fully saturated rings. The molecular formula is C22H22ClN5O2. The van der Waals surface area contributed by atoms with Crippen LogP contribution in [0.5, 0.6) is 5.75 Å². The van der Waals surface area contributed by atoms with E-state index >= 15 is 0 Å². The predicted octanol–water partition coefficient (Wildman–Crippen LogP) is 3.72. The van der Waals surface area contributed by atoms with Crippen LogP contribution in [-0.4, -0.2) is 49.2 Å². The number of hydrogen-bond donors (Lipinski definition) is 1. The lowest BCUT2D eigenvalue weighted by Crippen LogP contribution is -2.46. The molecule has 1 saturated heterocycles. The van der Waals surface area contributed by atoms with Crippen molar-refractivity contribution in [3.05, 3.63) is 71.5 Å². The Morgan fingerprint density at radius 3 is 2.47 bits per heavy atom. The number of halogens is 1. The van der Waals surface area contributed by atoms with Crippen LogP contribution in [0.4, 0.5) is 17.3 Å². The van der Waals surface area contributed by atoms with Crippen molar-refractivity contribution in [3.63, 3.8) is 0 Å². The van der Waals surface area contributed by atoms with E-state index in [2.05, 4.69) is 49.4 Å². The van der Waals surface area contributed by atoms with Crippen molar-refractivity contribution in [1.29, 1.82) is 0 Å². The number of aromatic nitrogens is 2. The molecule has 1 aromatic heterocycles. The summed E-state index contributed by atoms with van der Waals surface area (Å²) >= 11 is 6.03. The van der Waals surface area contributed by atoms with Gasteiger partial charge in [-0.3, -0.25) is 4.79 Å². The van der Waals surface area contributed by atoms with Crippen LogP contribution in [0, 0.1) is 0 Å². The third-order valence-electron chi connectivity index (χ3n) is 5.03. The van der Waals surface area contributed by atoms with Gasteiger partial charge < -0.3 is 19.9 Å². The average Bonchev–Trinajstić information content (AvgIpc) is 2.80. The van der Waals surface area contributed by atoms with Gasteiger partial charge in [0, 0.05) is 43.0 Å². The molecule has 1 amide bonds. The number of anilines is 3. The second-order valence-corrected chi connectivity index (χ2v) is 7.31. The first kappa shape index (κ1) is 20.0. The van der Waals surface area contributed by atoms with Gasteiger partial charge in [-0.2, -0.15) is 0 Å². The number of carbonyl (C=O) groups excluding carboxylic acids is 1. The molecule has 2 aromatic carbocycles. The molecule has 2 heterocycles. The predicted molar refractivity (Wildman–Crippen MR) is 119 cm³/mol. The minimum Gasteiger partial charge on any atom is -0.496 e. The maximum absolute atomic E-state index is 12.7. The monoisotopic (exact) mass is 423 g/mol. The lowest BCUT2D eigenvalue weighted by Gasteiger charge is -2.36. The first-order valence-corrected chi connectivity index (χ1v) is 10.0. The Hall–Kier alpha value is -3.32. The Labute approximate surface area is 180 Å². The molecule has 3 aromatic rings. The maximum Gasteiger partial charge on any atom is 0.260 e. The molecule has 1 N–H and O–H groups in total. The van der Waals surface area contributed by atoms with Crippen LogP contribution < -0.4 is 19.9 Å². The van der Waals surface area contributed by atoms with Crippen molar-refractivity contribution in [3.8, 4) is 5.75 Å². The van der Waals surface area contributed by atoms with E-state index in [1.807, 2.05) is 6.07 Å². The normalized spacial score (nSPS) is 13.8. The van der Waals surface area contributed by atoms with Gasteiger partial charge in [-0.25, -0.2) is 9.97 Å². The summed E-state index contributed by atoms with van der Waals surface area (Å²) in [6, 6.07) is 17.1. The summed E-state index contributed by atoms with van der Waals surface area (Å²) in [6.45, 7) is 3.47. The zero-order valence-electron chi connectivity index (χ0n) is 16.6. The summed E-state index contributed by atoms with van der Waals surface area (Å²) in [6.07, 6.45) is 1.46. The third-order valence-corrected chi connectivity index (χ3v) is 5.26. The summed E-state index contributed by atoms with van der Waals surface area (Å²) in [5.41, 5.74) is 1.57. The molecule has 8 heteroatoms. The Morgan fingerprint density at radius 1 is 1.00 bits per heavy atom. The molecule has 0 saturated carbocycles. The van der Waals surface area contributed by atoms with Gasteiger partial charge in [-0.05, 0) is 30.3 Å². The fourth-order valence-electron chi connectivity index (χ4n) is 3.46. The van der Waals surface area contributed by atoms with Gasteiger partial charge in [-0.15, -0.1) is 0 Å². The fraction of sp³-hybridized carbons (Fsp3) is 0.227. The van der Waals surface area contributed by atoms with Crippen LogP contribution in [0.25, 0.3) is 0 Å². The van der Waals surface area contributed by atoms with Gasteiger partial charge in [-0.1, -0.05) is 29.8 Å². The number of nitrogens with one attached hydrogen (secondary N) is 1. The lowest BCUT2D eigenvalue weighted by atomic mass is 10.2. The lowest BCUT2D eigenvalue weighted by molar-refractivity contribution is 0.102. The van der Waals surface area contributed by atoms with Crippen molar-refractivity contribution in [2.24, 2.45) is 0 Å². The highest BCUT2D eigenvalue weighted by atomic mass is 35.5. The number of benzene rings is 2. The number of methoxy groups -OCH3 is 1. The molecule has 154 valence electrons. The Bertz CT molecular complexity index is 1020. The maximum atomic E-state index is 12.7. The Kier molecular flexibility index (Phi) is 5.99. The molecule has 0 atom stereocenters. The van der Waals surface area contributed by atoms with E-state index in [1.54, 1.807) is 24.3 Å². The minimum atomic E-state index is -0.340. The number of rotatable bonds is 5. The van der Waals surface area contributed by atoms with Gasteiger partial charge in [0.2, 0.25) is 0 Å². The van der Waals surface area contributed by atoms with Gasteiger partial charge in [0.05, 0.1) is 12.7 Å². The van der Waals surface area contributed by atoms with Crippen LogP contribution in [-0.2, 0) is 0 Å². The van der Waals surface area contributed by atoms with Crippen LogP contribution >= 0.6 is 11.6 Å². The van der Waals surface area contributed by atoms with E-state index in [1.165, 1.54) is 19.1 Å². The van der Waals surface area contributed by atoms with Crippen LogP contribution in [0.1, 0.15) is 10.4 Å². The summed E-state index contributed by atoms with van der Waals surface area (Å²) in [5.74, 6) is 1.32. The molecule has 1 aliphatic heterocycles. The summed E-state index contributed by atoms with van der Waals surface area (Å²) in [7, 11) is 1.51. The Balaban J connectivity index is 1.44. The van der Waals surface area contributed by atoms with E-state index in [0.29, 0.717) is 22.2 Å². The van der Waals surface area contributed by atoms with Gasteiger partial charge in [0.25, 0.3) is 5.91 Å². The third kappa shape index (κ3) is 4.46. The van der Waals surface area contributed by atoms with Gasteiger partial charge >= 0.3 is 0 Å². The molecule has 7 nitrogen and oxygen atoms in total. The van der Waals surface area contributed by atoms with Crippen LogP contribution in [0.2, 0.25) is 5.02 Å². The van der Waals surface area contributed by atoms with E-state index in [9.17, 15) is 4.79 Å². The van der Waals surface area contributed by atoms with Crippen molar-refractivity contribution in [1.82, 2.24) is 9.97 Å². The van der Waals surface area contributed by atoms with E-state index < -0.39 is 0 Å². The van der Waals surface area contributed by atoms with Crippen molar-refractivity contribution in [2.75, 3.05) is 48.4 Å². The van der Waals surface area contributed by atoms with Crippen molar-refractivity contribution in [2.45, 2.75) is 0 Å². The number of para-hydroxylation sites is 1. The number of hydrogen-bond acceptors (Lipinski definition) is 6. The van der Waals surface area contributed by atoms with E-state index in [0.717, 1.165) is 32.0 Å². The first-order chi connectivity index (χ1) is 14.6. The highest BCUT2D eigenvalue weighted by Gasteiger charge is 2.19. The van der Waals surface area contributed by atoms with E-state index in [4.69, 9.17) is 16.3 Å². The first-order valence-electron chi connectivity index (χ1n) is 9.66. The molecule has 0 unspecified atom stereocenters. The van der Waals surface area contributed by atoms with Crippen molar-refractivity contribution >= 4 is 34.8 Å². The SMILES string of the molecule is COc1ccc(Cl)cc1C(=O)Nc1cc(N2CCN(c3ccccc3)CC2)ncn1. The highest BCUT2D eigenvalue weighted by Crippen LogP contribution is 2.24. The minimum absolute atomic E-state index is 0.340. The molecular weight excluding hydrogens is 402 g/mol. The highest BCUT2D eigenvalue weighted by molar-refractivity contribution is 6.31. The molecule has 30 heavy (non-hydrogen) atoms. The topological polar surface area (TPSA) is 70.6 Å². The number of ether oxygens (including phenoxy) is 1. The summed E-state index contributed by atoms with van der Waals surface area (Å²) in [4.78, 5) is 25.8. The summed E-state index contributed by atoms with van der Waals surface area (Å²) in [5, 5.41) is 3.27. The zero-order valence-corrected chi connectivity index (χ0v) is 17.3. The smallest absolute Gasteiger partial charge is 0.260 e. The second kappa shape index (κ2) is 9.00. The molecule has 0 aliphatic carbocycles. The molecule has 4 rings (SSSR count). The zero-order chi connectivity index (χ0) is 20.9. The number of piperazine rings is 1. The average molecular weight is 424 g/mol. The number of amides is 1. The summed E-state index contributed by atoms with van der Waals surface area (Å²) < 4.78 is 5.26. The quantitative estimate of drug-likeness (QED) is 0.674. The Morgan fingerprint density at radius 2 is 1.73 bits per heavy atom. The largest absolute Gasteiger partial charge is 0.496 e. The van der Waals surface area contributed by atoms with Crippen LogP contribution in [0.3, 0.4) is 0 Å².